The molecule has 0 rings (SSSR count). The molecular weight excluding hydrogens is 154 g/mol. The van der Waals surface area contributed by atoms with Gasteiger partial charge in [-0.3, -0.25) is 4.79 Å². The Morgan fingerprint density at radius 1 is 1.60 bits per heavy atom. The zero-order chi connectivity index (χ0) is 8.15. The number of halogens is 1. The molecule has 0 aromatic carbocycles. The smallest absolute Gasteiger partial charge is 0.247 e. The fraction of sp³-hybridized carbons (Fsp3) is 0.667. The van der Waals surface area contributed by atoms with Crippen LogP contribution in [-0.4, -0.2) is 17.4 Å². The zero-order valence-electron chi connectivity index (χ0n) is 5.80. The van der Waals surface area contributed by atoms with Gasteiger partial charge >= 0.3 is 0 Å². The molecule has 0 aliphatic carbocycles. The second-order valence-corrected chi connectivity index (χ2v) is 2.59. The largest absolute Gasteiger partial charge is 0.279 e. The first-order chi connectivity index (χ1) is 4.59. The summed E-state index contributed by atoms with van der Waals surface area (Å²) < 4.78 is 0. The number of carbonyl (C=O) groups is 1. The first kappa shape index (κ1) is 9.34. The minimum Gasteiger partial charge on any atom is -0.279 e. The SMILES string of the molecule is CC(C)C(N=C=O)C(=O)Cl. The van der Waals surface area contributed by atoms with E-state index >= 15 is 0 Å². The molecular formula is C6H8ClNO2. The van der Waals surface area contributed by atoms with Gasteiger partial charge in [-0.1, -0.05) is 13.8 Å². The van der Waals surface area contributed by atoms with E-state index in [2.05, 4.69) is 4.99 Å². The molecule has 56 valence electrons. The minimum atomic E-state index is -0.737. The van der Waals surface area contributed by atoms with Crippen LogP contribution in [0.4, 0.5) is 0 Å². The molecule has 0 fully saturated rings. The summed E-state index contributed by atoms with van der Waals surface area (Å²) in [5.41, 5.74) is 0. The molecule has 0 saturated carbocycles. The van der Waals surface area contributed by atoms with Crippen molar-refractivity contribution in [3.05, 3.63) is 0 Å². The summed E-state index contributed by atoms with van der Waals surface area (Å²) in [6.45, 7) is 3.51. The topological polar surface area (TPSA) is 46.5 Å². The number of aliphatic imine (C=N–C) groups is 1. The highest BCUT2D eigenvalue weighted by Gasteiger charge is 2.18. The fourth-order valence-electron chi connectivity index (χ4n) is 0.519. The first-order valence-electron chi connectivity index (χ1n) is 2.86. The van der Waals surface area contributed by atoms with Crippen LogP contribution in [0.3, 0.4) is 0 Å². The Kier molecular flexibility index (Phi) is 3.93. The molecule has 0 heterocycles. The van der Waals surface area contributed by atoms with E-state index in [0.717, 1.165) is 0 Å². The summed E-state index contributed by atoms with van der Waals surface area (Å²) in [4.78, 5) is 23.4. The maximum absolute atomic E-state index is 10.5. The minimum absolute atomic E-state index is 0.0496. The van der Waals surface area contributed by atoms with Gasteiger partial charge in [0, 0.05) is 0 Å². The van der Waals surface area contributed by atoms with Gasteiger partial charge in [-0.25, -0.2) is 4.79 Å². The van der Waals surface area contributed by atoms with Crippen LogP contribution >= 0.6 is 11.6 Å². The summed E-state index contributed by atoms with van der Waals surface area (Å²) in [6.07, 6.45) is 1.30. The van der Waals surface area contributed by atoms with Crippen molar-refractivity contribution >= 4 is 22.9 Å². The van der Waals surface area contributed by atoms with Crippen LogP contribution in [0.25, 0.3) is 0 Å². The molecule has 0 amide bonds. The lowest BCUT2D eigenvalue weighted by Gasteiger charge is -2.07. The quantitative estimate of drug-likeness (QED) is 0.354. The van der Waals surface area contributed by atoms with Crippen LogP contribution in [0.5, 0.6) is 0 Å². The van der Waals surface area contributed by atoms with Gasteiger partial charge < -0.3 is 0 Å². The van der Waals surface area contributed by atoms with Crippen molar-refractivity contribution in [3.63, 3.8) is 0 Å². The molecule has 0 N–H and O–H groups in total. The molecule has 0 aromatic heterocycles. The van der Waals surface area contributed by atoms with E-state index in [4.69, 9.17) is 11.6 Å². The van der Waals surface area contributed by atoms with Crippen molar-refractivity contribution in [2.45, 2.75) is 19.9 Å². The predicted molar refractivity (Wildman–Crippen MR) is 37.6 cm³/mol. The van der Waals surface area contributed by atoms with Crippen LogP contribution in [0.1, 0.15) is 13.8 Å². The van der Waals surface area contributed by atoms with Crippen molar-refractivity contribution in [1.82, 2.24) is 0 Å². The third-order valence-electron chi connectivity index (χ3n) is 1.06. The first-order valence-corrected chi connectivity index (χ1v) is 3.23. The van der Waals surface area contributed by atoms with E-state index in [1.54, 1.807) is 13.8 Å². The summed E-state index contributed by atoms with van der Waals surface area (Å²) >= 11 is 5.11. The molecule has 4 heteroatoms. The zero-order valence-corrected chi connectivity index (χ0v) is 6.55. The van der Waals surface area contributed by atoms with Gasteiger partial charge in [0.05, 0.1) is 0 Å². The van der Waals surface area contributed by atoms with Gasteiger partial charge in [-0.05, 0) is 17.5 Å². The normalized spacial score (nSPS) is 12.4. The van der Waals surface area contributed by atoms with Crippen molar-refractivity contribution in [2.75, 3.05) is 0 Å². The van der Waals surface area contributed by atoms with Crippen LogP contribution in [0, 0.1) is 5.92 Å². The third kappa shape index (κ3) is 2.76. The summed E-state index contributed by atoms with van der Waals surface area (Å²) in [6, 6.07) is -0.737. The van der Waals surface area contributed by atoms with Gasteiger partial charge in [-0.15, -0.1) is 0 Å². The highest BCUT2D eigenvalue weighted by molar-refractivity contribution is 6.64. The molecule has 0 saturated heterocycles. The molecule has 0 spiro atoms. The maximum atomic E-state index is 10.5. The molecule has 10 heavy (non-hydrogen) atoms. The van der Waals surface area contributed by atoms with Crippen LogP contribution in [0.2, 0.25) is 0 Å². The lowest BCUT2D eigenvalue weighted by Crippen LogP contribution is -2.19. The van der Waals surface area contributed by atoms with E-state index in [9.17, 15) is 9.59 Å². The lowest BCUT2D eigenvalue weighted by atomic mass is 10.1. The molecule has 0 aromatic rings. The molecule has 0 radical (unpaired) electrons. The van der Waals surface area contributed by atoms with Crippen molar-refractivity contribution < 1.29 is 9.59 Å². The van der Waals surface area contributed by atoms with E-state index in [0.29, 0.717) is 0 Å². The fourth-order valence-corrected chi connectivity index (χ4v) is 0.819. The Morgan fingerprint density at radius 3 is 2.20 bits per heavy atom. The van der Waals surface area contributed by atoms with Crippen LogP contribution in [0.15, 0.2) is 4.99 Å². The standard InChI is InChI=1S/C6H8ClNO2/c1-4(2)5(6(7)10)8-3-9/h4-5H,1-2H3. The average Bonchev–Trinajstić information content (AvgIpc) is 1.81. The van der Waals surface area contributed by atoms with Gasteiger partial charge in [0.15, 0.2) is 0 Å². The van der Waals surface area contributed by atoms with E-state index < -0.39 is 11.3 Å². The van der Waals surface area contributed by atoms with Gasteiger partial charge in [0.2, 0.25) is 11.3 Å². The highest BCUT2D eigenvalue weighted by Crippen LogP contribution is 2.08. The molecule has 1 atom stereocenters. The number of hydrogen-bond donors (Lipinski definition) is 0. The molecule has 0 aliphatic rings. The number of hydrogen-bond acceptors (Lipinski definition) is 3. The Balaban J connectivity index is 4.26. The second kappa shape index (κ2) is 4.20. The van der Waals surface area contributed by atoms with Gasteiger partial charge in [0.25, 0.3) is 0 Å². The molecule has 1 unspecified atom stereocenters. The van der Waals surface area contributed by atoms with Gasteiger partial charge in [0.1, 0.15) is 6.04 Å². The van der Waals surface area contributed by atoms with Crippen LogP contribution < -0.4 is 0 Å². The number of nitrogens with zero attached hydrogens (tertiary/aromatic N) is 1. The highest BCUT2D eigenvalue weighted by atomic mass is 35.5. The molecule has 0 bridgehead atoms. The monoisotopic (exact) mass is 161 g/mol. The Bertz CT molecular complexity index is 171. The Morgan fingerprint density at radius 2 is 2.10 bits per heavy atom. The predicted octanol–water partition coefficient (Wildman–Crippen LogP) is 1.11. The van der Waals surface area contributed by atoms with E-state index in [1.165, 1.54) is 6.08 Å². The van der Waals surface area contributed by atoms with Crippen molar-refractivity contribution in [2.24, 2.45) is 10.9 Å². The maximum Gasteiger partial charge on any atom is 0.247 e. The Labute approximate surface area is 64.1 Å². The molecule has 3 nitrogen and oxygen atoms in total. The lowest BCUT2D eigenvalue weighted by molar-refractivity contribution is -0.113. The summed E-state index contributed by atoms with van der Waals surface area (Å²) in [5.74, 6) is -0.0496. The summed E-state index contributed by atoms with van der Waals surface area (Å²) in [7, 11) is 0. The van der Waals surface area contributed by atoms with Gasteiger partial charge in [-0.2, -0.15) is 4.99 Å². The van der Waals surface area contributed by atoms with Crippen LogP contribution in [-0.2, 0) is 9.59 Å². The Hall–Kier alpha value is -0.660. The number of rotatable bonds is 3. The summed E-state index contributed by atoms with van der Waals surface area (Å²) in [5, 5.41) is -0.613. The van der Waals surface area contributed by atoms with Crippen molar-refractivity contribution in [3.8, 4) is 0 Å². The van der Waals surface area contributed by atoms with E-state index in [-0.39, 0.29) is 5.92 Å². The second-order valence-electron chi connectivity index (χ2n) is 2.21. The van der Waals surface area contributed by atoms with Crippen molar-refractivity contribution in [1.29, 1.82) is 0 Å². The third-order valence-corrected chi connectivity index (χ3v) is 1.28. The molecule has 0 aliphatic heterocycles. The average molecular weight is 162 g/mol. The number of isocyanates is 1. The number of carbonyl (C=O) groups excluding carboxylic acids is 2. The van der Waals surface area contributed by atoms with E-state index in [1.807, 2.05) is 0 Å².